The van der Waals surface area contributed by atoms with Crippen molar-refractivity contribution in [2.24, 2.45) is 0 Å². The molecule has 1 aliphatic heterocycles. The first-order chi connectivity index (χ1) is 9.66. The van der Waals surface area contributed by atoms with E-state index in [-0.39, 0.29) is 44.7 Å². The van der Waals surface area contributed by atoms with Crippen LogP contribution in [0.3, 0.4) is 0 Å². The second-order valence-corrected chi connectivity index (χ2v) is 5.68. The summed E-state index contributed by atoms with van der Waals surface area (Å²) in [6, 6.07) is 3.03. The van der Waals surface area contributed by atoms with E-state index in [1.165, 1.54) is 11.3 Å². The van der Waals surface area contributed by atoms with Crippen LogP contribution in [-0.2, 0) is 48.8 Å². The number of carbonyl (C=O) groups is 1. The third-order valence-corrected chi connectivity index (χ3v) is 3.87. The van der Waals surface area contributed by atoms with Crippen molar-refractivity contribution in [1.29, 1.82) is 0 Å². The van der Waals surface area contributed by atoms with Crippen LogP contribution >= 0.6 is 11.3 Å². The normalized spacial score (nSPS) is 20.0. The largest absolute Gasteiger partial charge is 0.403 e. The number of aliphatic hydroxyl groups excluding tert-OH is 1. The van der Waals surface area contributed by atoms with Gasteiger partial charge < -0.3 is 14.7 Å². The van der Waals surface area contributed by atoms with Gasteiger partial charge in [0.25, 0.3) is 0 Å². The molecule has 7 heteroatoms. The molecular formula is C14H17BNO3SY-. The molecule has 0 aliphatic carbocycles. The molecule has 1 fully saturated rings. The Morgan fingerprint density at radius 3 is 3.14 bits per heavy atom. The standard InChI is InChI=1S/C14H17BNO3S.Y/c15-13(17)4-1-7-16-11(5-6-14(16)18)9-19-10-12-3-2-8-20-12;/h1-3,7,11,13,17H,4-6,9-10H2;/q-1;/b7-1+;. The molecule has 0 saturated carbocycles. The summed E-state index contributed by atoms with van der Waals surface area (Å²) in [4.78, 5) is 14.6. The van der Waals surface area contributed by atoms with Crippen molar-refractivity contribution in [1.82, 2.24) is 4.90 Å². The number of hydrogen-bond donors (Lipinski definition) is 1. The maximum atomic E-state index is 11.8. The maximum absolute atomic E-state index is 11.8. The van der Waals surface area contributed by atoms with Crippen molar-refractivity contribution in [3.63, 3.8) is 0 Å². The van der Waals surface area contributed by atoms with Crippen molar-refractivity contribution < 1.29 is 47.3 Å². The average molecular weight is 379 g/mol. The van der Waals surface area contributed by atoms with Gasteiger partial charge >= 0.3 is 0 Å². The maximum Gasteiger partial charge on any atom is 0.226 e. The molecular weight excluding hydrogens is 362 g/mol. The Balaban J connectivity index is 0.00000220. The summed E-state index contributed by atoms with van der Waals surface area (Å²) >= 11 is 1.54. The first kappa shape index (κ1) is 19.0. The van der Waals surface area contributed by atoms with E-state index in [9.17, 15) is 4.79 Å². The minimum atomic E-state index is -0.881. The van der Waals surface area contributed by atoms with Crippen molar-refractivity contribution in [3.05, 3.63) is 34.7 Å². The van der Waals surface area contributed by atoms with Crippen LogP contribution in [0.15, 0.2) is 24.4 Å². The van der Waals surface area contributed by atoms with Gasteiger partial charge in [0.15, 0.2) is 0 Å². The molecule has 0 bridgehead atoms. The van der Waals surface area contributed by atoms with E-state index in [0.29, 0.717) is 26.1 Å². The molecule has 2 rings (SSSR count). The van der Waals surface area contributed by atoms with Crippen molar-refractivity contribution in [2.75, 3.05) is 6.61 Å². The topological polar surface area (TPSA) is 49.8 Å². The molecule has 109 valence electrons. The molecule has 2 atom stereocenters. The molecule has 1 N–H and O–H groups in total. The summed E-state index contributed by atoms with van der Waals surface area (Å²) in [6.45, 7) is 1.07. The summed E-state index contributed by atoms with van der Waals surface area (Å²) in [5.41, 5.74) is 0. The van der Waals surface area contributed by atoms with Crippen molar-refractivity contribution in [3.8, 4) is 0 Å². The number of aliphatic hydroxyl groups is 1. The minimum absolute atomic E-state index is 0. The molecule has 1 saturated heterocycles. The molecule has 3 radical (unpaired) electrons. The zero-order valence-corrected chi connectivity index (χ0v) is 15.4. The third kappa shape index (κ3) is 6.33. The predicted molar refractivity (Wildman–Crippen MR) is 78.2 cm³/mol. The number of carbonyl (C=O) groups excluding carboxylic acids is 1. The Morgan fingerprint density at radius 2 is 2.48 bits per heavy atom. The van der Waals surface area contributed by atoms with Crippen LogP contribution in [-0.4, -0.2) is 42.4 Å². The monoisotopic (exact) mass is 379 g/mol. The number of hydrogen-bond acceptors (Lipinski definition) is 4. The zero-order chi connectivity index (χ0) is 14.4. The van der Waals surface area contributed by atoms with Gasteiger partial charge in [0.1, 0.15) is 7.85 Å². The first-order valence-electron chi connectivity index (χ1n) is 6.61. The Kier molecular flexibility index (Phi) is 8.98. The summed E-state index contributed by atoms with van der Waals surface area (Å²) < 4.78 is 5.66. The summed E-state index contributed by atoms with van der Waals surface area (Å²) in [5, 5.41) is 12.0. The number of ether oxygens (including phenoxy) is 1. The molecule has 1 amide bonds. The van der Waals surface area contributed by atoms with Crippen molar-refractivity contribution in [2.45, 2.75) is 37.9 Å². The molecule has 0 aromatic carbocycles. The SMILES string of the molecule is [B]C(O)C/C=C/N1C(=O)CCC1COCc1cc[c-]s1.[Y]. The smallest absolute Gasteiger partial charge is 0.226 e. The molecule has 21 heavy (non-hydrogen) atoms. The van der Waals surface area contributed by atoms with Crippen molar-refractivity contribution >= 4 is 25.1 Å². The number of thiophene rings is 1. The van der Waals surface area contributed by atoms with Crippen LogP contribution in [0.1, 0.15) is 24.1 Å². The molecule has 1 aliphatic rings. The molecule has 2 heterocycles. The van der Waals surface area contributed by atoms with E-state index in [1.54, 1.807) is 17.2 Å². The van der Waals surface area contributed by atoms with E-state index in [4.69, 9.17) is 17.7 Å². The van der Waals surface area contributed by atoms with Crippen LogP contribution in [0.2, 0.25) is 0 Å². The first-order valence-corrected chi connectivity index (χ1v) is 7.42. The molecule has 0 spiro atoms. The fourth-order valence-corrected chi connectivity index (χ4v) is 2.65. The third-order valence-electron chi connectivity index (χ3n) is 3.10. The molecule has 4 nitrogen and oxygen atoms in total. The fraction of sp³-hybridized carbons (Fsp3) is 0.500. The summed E-state index contributed by atoms with van der Waals surface area (Å²) in [7, 11) is 5.26. The second kappa shape index (κ2) is 9.90. The van der Waals surface area contributed by atoms with Gasteiger partial charge in [-0.05, 0) is 12.8 Å². The minimum Gasteiger partial charge on any atom is -0.403 e. The van der Waals surface area contributed by atoms with Crippen LogP contribution in [0.5, 0.6) is 0 Å². The fourth-order valence-electron chi connectivity index (χ4n) is 2.09. The van der Waals surface area contributed by atoms with Gasteiger partial charge in [0, 0.05) is 57.9 Å². The zero-order valence-electron chi connectivity index (χ0n) is 11.8. The van der Waals surface area contributed by atoms with Gasteiger partial charge in [0.05, 0.1) is 12.6 Å². The van der Waals surface area contributed by atoms with Crippen LogP contribution in [0.25, 0.3) is 0 Å². The number of amides is 1. The summed E-state index contributed by atoms with van der Waals surface area (Å²) in [6.07, 6.45) is 5.09. The van der Waals surface area contributed by atoms with E-state index in [1.807, 2.05) is 12.1 Å². The van der Waals surface area contributed by atoms with Gasteiger partial charge in [-0.1, -0.05) is 6.08 Å². The van der Waals surface area contributed by atoms with Crippen LogP contribution in [0.4, 0.5) is 0 Å². The number of nitrogens with zero attached hydrogens (tertiary/aromatic N) is 1. The molecule has 2 unspecified atom stereocenters. The Morgan fingerprint density at radius 1 is 1.67 bits per heavy atom. The average Bonchev–Trinajstić information content (AvgIpc) is 3.02. The second-order valence-electron chi connectivity index (χ2n) is 4.72. The molecule has 1 aromatic heterocycles. The van der Waals surface area contributed by atoms with Gasteiger partial charge in [-0.3, -0.25) is 16.1 Å². The Labute approximate surface area is 155 Å². The van der Waals surface area contributed by atoms with Crippen LogP contribution in [0, 0.1) is 5.38 Å². The molecule has 1 aromatic rings. The van der Waals surface area contributed by atoms with Gasteiger partial charge in [-0.2, -0.15) is 12.1 Å². The van der Waals surface area contributed by atoms with Gasteiger partial charge in [0.2, 0.25) is 5.91 Å². The van der Waals surface area contributed by atoms with E-state index in [2.05, 4.69) is 5.38 Å². The van der Waals surface area contributed by atoms with E-state index in [0.717, 1.165) is 11.3 Å². The Hall–Kier alpha value is -0.00117. The van der Waals surface area contributed by atoms with Gasteiger partial charge in [-0.15, -0.1) is 10.3 Å². The van der Waals surface area contributed by atoms with E-state index >= 15 is 0 Å². The Bertz CT molecular complexity index is 453. The van der Waals surface area contributed by atoms with Crippen LogP contribution < -0.4 is 0 Å². The number of rotatable bonds is 7. The number of likely N-dealkylation sites (tertiary alicyclic amines) is 1. The quantitative estimate of drug-likeness (QED) is 0.577. The van der Waals surface area contributed by atoms with Gasteiger partial charge in [-0.25, -0.2) is 0 Å². The van der Waals surface area contributed by atoms with E-state index < -0.39 is 6.00 Å². The predicted octanol–water partition coefficient (Wildman–Crippen LogP) is 1.44. The summed E-state index contributed by atoms with van der Waals surface area (Å²) in [5.74, 6) is 0.0887.